The van der Waals surface area contributed by atoms with Gasteiger partial charge in [-0.2, -0.15) is 0 Å². The molecule has 1 heterocycles. The Bertz CT molecular complexity index is 1630. The van der Waals surface area contributed by atoms with E-state index in [9.17, 15) is 14.7 Å². The number of aryl methyl sites for hydroxylation is 1. The summed E-state index contributed by atoms with van der Waals surface area (Å²) in [4.78, 5) is 30.9. The predicted molar refractivity (Wildman–Crippen MR) is 172 cm³/mol. The number of ether oxygens (including phenoxy) is 2. The lowest BCUT2D eigenvalue weighted by Gasteiger charge is -2.28. The Morgan fingerprint density at radius 1 is 0.818 bits per heavy atom. The molecule has 0 aromatic heterocycles. The largest absolute Gasteiger partial charge is 0.507 e. The fourth-order valence-electron chi connectivity index (χ4n) is 5.50. The second kappa shape index (κ2) is 14.1. The number of aliphatic hydroxyl groups excluding tert-OH is 1. The maximum absolute atomic E-state index is 13.6. The molecular formula is C37H38N2O5. The first-order valence-corrected chi connectivity index (χ1v) is 15.0. The van der Waals surface area contributed by atoms with Crippen molar-refractivity contribution in [3.05, 3.63) is 131 Å². The number of carbonyl (C=O) groups is 2. The Labute approximate surface area is 259 Å². The number of benzene rings is 4. The molecule has 44 heavy (non-hydrogen) atoms. The Balaban J connectivity index is 1.51. The minimum absolute atomic E-state index is 0.0625. The lowest BCUT2D eigenvalue weighted by Crippen LogP contribution is -2.38. The summed E-state index contributed by atoms with van der Waals surface area (Å²) in [5.41, 5.74) is 2.98. The van der Waals surface area contributed by atoms with Crippen LogP contribution in [-0.2, 0) is 16.2 Å². The number of rotatable bonds is 12. The van der Waals surface area contributed by atoms with Crippen LogP contribution in [0.25, 0.3) is 5.76 Å². The number of para-hydroxylation sites is 1. The number of nitrogens with zero attached hydrogens (tertiary/aromatic N) is 2. The van der Waals surface area contributed by atoms with Crippen LogP contribution >= 0.6 is 0 Å². The topological polar surface area (TPSA) is 79.3 Å². The summed E-state index contributed by atoms with van der Waals surface area (Å²) < 4.78 is 12.0. The van der Waals surface area contributed by atoms with Crippen LogP contribution in [0.1, 0.15) is 42.1 Å². The van der Waals surface area contributed by atoms with E-state index in [2.05, 4.69) is 18.7 Å². The van der Waals surface area contributed by atoms with E-state index in [1.807, 2.05) is 97.9 Å². The van der Waals surface area contributed by atoms with E-state index in [1.165, 1.54) is 0 Å². The van der Waals surface area contributed by atoms with Gasteiger partial charge in [0.2, 0.25) is 0 Å². The zero-order chi connectivity index (χ0) is 31.1. The molecule has 1 N–H and O–H groups in total. The summed E-state index contributed by atoms with van der Waals surface area (Å²) in [5.74, 6) is 0.346. The molecule has 0 saturated carbocycles. The number of amides is 1. The number of Topliss-reactive ketones (excluding diaryl/α,β-unsaturated/α-hetero) is 1. The van der Waals surface area contributed by atoms with E-state index in [-0.39, 0.29) is 11.3 Å². The highest BCUT2D eigenvalue weighted by molar-refractivity contribution is 6.46. The molecule has 4 aromatic carbocycles. The van der Waals surface area contributed by atoms with E-state index < -0.39 is 17.7 Å². The first kappa shape index (κ1) is 30.6. The van der Waals surface area contributed by atoms with Crippen molar-refractivity contribution < 1.29 is 24.2 Å². The van der Waals surface area contributed by atoms with Crippen molar-refractivity contribution in [1.29, 1.82) is 0 Å². The van der Waals surface area contributed by atoms with E-state index in [0.717, 1.165) is 24.2 Å². The zero-order valence-electron chi connectivity index (χ0n) is 25.4. The number of carbonyl (C=O) groups excluding carboxylic acids is 2. The van der Waals surface area contributed by atoms with E-state index in [1.54, 1.807) is 17.0 Å². The van der Waals surface area contributed by atoms with Crippen LogP contribution in [0.3, 0.4) is 0 Å². The molecule has 0 spiro atoms. The molecule has 0 bridgehead atoms. The smallest absolute Gasteiger partial charge is 0.295 e. The summed E-state index contributed by atoms with van der Waals surface area (Å²) in [7, 11) is 0. The fourth-order valence-corrected chi connectivity index (χ4v) is 5.50. The molecule has 1 atom stereocenters. The minimum Gasteiger partial charge on any atom is -0.507 e. The number of likely N-dealkylation sites (N-methyl/N-ethyl adjacent to an activating group) is 1. The summed E-state index contributed by atoms with van der Waals surface area (Å²) in [6, 6.07) is 31.2. The lowest BCUT2D eigenvalue weighted by atomic mass is 9.93. The maximum Gasteiger partial charge on any atom is 0.295 e. The molecule has 1 aliphatic rings. The Hall–Kier alpha value is -4.88. The van der Waals surface area contributed by atoms with Gasteiger partial charge in [-0.1, -0.05) is 74.5 Å². The molecule has 4 aromatic rings. The third-order valence-electron chi connectivity index (χ3n) is 7.95. The molecule has 7 heteroatoms. The third kappa shape index (κ3) is 6.84. The number of ketones is 1. The molecular weight excluding hydrogens is 552 g/mol. The van der Waals surface area contributed by atoms with Crippen molar-refractivity contribution in [2.24, 2.45) is 0 Å². The number of likely N-dealkylation sites (tertiary alicyclic amines) is 1. The maximum atomic E-state index is 13.6. The van der Waals surface area contributed by atoms with Crippen LogP contribution < -0.4 is 9.47 Å². The zero-order valence-corrected chi connectivity index (χ0v) is 25.4. The molecule has 5 rings (SSSR count). The summed E-state index contributed by atoms with van der Waals surface area (Å²) >= 11 is 0. The quantitative estimate of drug-likeness (QED) is 0.107. The molecule has 0 radical (unpaired) electrons. The van der Waals surface area contributed by atoms with Crippen LogP contribution in [-0.4, -0.2) is 52.8 Å². The van der Waals surface area contributed by atoms with Crippen LogP contribution in [0.2, 0.25) is 0 Å². The van der Waals surface area contributed by atoms with E-state index >= 15 is 0 Å². The SMILES string of the molecule is CCN(CC)CCN1C(=O)C(=O)/C(=C(/O)c2ccc(OCc3ccccc3)cc2C)[C@@H]1c1cccc(Oc2ccccc2)c1. The van der Waals surface area contributed by atoms with Crippen molar-refractivity contribution in [3.63, 3.8) is 0 Å². The Morgan fingerprint density at radius 2 is 1.50 bits per heavy atom. The standard InChI is InChI=1S/C37H38N2O5/c1-4-38(5-2)21-22-39-34(28-15-12-18-31(24-28)44-29-16-10-7-11-17-29)33(36(41)37(39)42)35(40)32-20-19-30(23-26(32)3)43-25-27-13-8-6-9-14-27/h6-20,23-24,34,40H,4-5,21-22,25H2,1-3H3/b35-33+/t34-/m0/s1. The Kier molecular flexibility index (Phi) is 9.77. The third-order valence-corrected chi connectivity index (χ3v) is 7.95. The van der Waals surface area contributed by atoms with Gasteiger partial charge < -0.3 is 24.4 Å². The summed E-state index contributed by atoms with van der Waals surface area (Å²) in [5, 5.41) is 11.7. The van der Waals surface area contributed by atoms with Gasteiger partial charge in [0, 0.05) is 18.7 Å². The molecule has 1 aliphatic heterocycles. The van der Waals surface area contributed by atoms with Gasteiger partial charge in [0.05, 0.1) is 11.6 Å². The number of hydrogen-bond acceptors (Lipinski definition) is 6. The van der Waals surface area contributed by atoms with Gasteiger partial charge in [0.1, 0.15) is 29.6 Å². The van der Waals surface area contributed by atoms with Gasteiger partial charge in [-0.15, -0.1) is 0 Å². The van der Waals surface area contributed by atoms with Gasteiger partial charge >= 0.3 is 0 Å². The van der Waals surface area contributed by atoms with Crippen LogP contribution in [0.4, 0.5) is 0 Å². The molecule has 0 unspecified atom stereocenters. The summed E-state index contributed by atoms with van der Waals surface area (Å²) in [6.07, 6.45) is 0. The average Bonchev–Trinajstić information content (AvgIpc) is 3.30. The fraction of sp³-hybridized carbons (Fsp3) is 0.243. The van der Waals surface area contributed by atoms with E-state index in [0.29, 0.717) is 48.1 Å². The van der Waals surface area contributed by atoms with E-state index in [4.69, 9.17) is 9.47 Å². The van der Waals surface area contributed by atoms with Crippen LogP contribution in [0.15, 0.2) is 109 Å². The molecule has 1 saturated heterocycles. The van der Waals surface area contributed by atoms with Gasteiger partial charge in [-0.25, -0.2) is 0 Å². The number of aliphatic hydroxyl groups is 1. The highest BCUT2D eigenvalue weighted by atomic mass is 16.5. The van der Waals surface area contributed by atoms with Gasteiger partial charge in [0.25, 0.3) is 11.7 Å². The second-order valence-electron chi connectivity index (χ2n) is 10.8. The molecule has 1 fully saturated rings. The van der Waals surface area contributed by atoms with Crippen molar-refractivity contribution >= 4 is 17.4 Å². The minimum atomic E-state index is -0.779. The van der Waals surface area contributed by atoms with Gasteiger partial charge in [0.15, 0.2) is 0 Å². The first-order chi connectivity index (χ1) is 21.4. The number of hydrogen-bond donors (Lipinski definition) is 1. The van der Waals surface area contributed by atoms with Gasteiger partial charge in [-0.05, 0) is 79.2 Å². The van der Waals surface area contributed by atoms with Gasteiger partial charge in [-0.3, -0.25) is 9.59 Å². The first-order valence-electron chi connectivity index (χ1n) is 15.0. The van der Waals surface area contributed by atoms with Crippen molar-refractivity contribution in [3.8, 4) is 17.2 Å². The Morgan fingerprint density at radius 3 is 2.18 bits per heavy atom. The second-order valence-corrected chi connectivity index (χ2v) is 10.8. The highest BCUT2D eigenvalue weighted by Crippen LogP contribution is 2.41. The monoisotopic (exact) mass is 590 g/mol. The highest BCUT2D eigenvalue weighted by Gasteiger charge is 2.46. The average molecular weight is 591 g/mol. The molecule has 7 nitrogen and oxygen atoms in total. The van der Waals surface area contributed by atoms with Crippen molar-refractivity contribution in [2.75, 3.05) is 26.2 Å². The van der Waals surface area contributed by atoms with Crippen LogP contribution in [0.5, 0.6) is 17.2 Å². The molecule has 1 amide bonds. The van der Waals surface area contributed by atoms with Crippen molar-refractivity contribution in [2.45, 2.75) is 33.4 Å². The predicted octanol–water partition coefficient (Wildman–Crippen LogP) is 7.13. The van der Waals surface area contributed by atoms with Crippen molar-refractivity contribution in [1.82, 2.24) is 9.80 Å². The molecule has 226 valence electrons. The molecule has 0 aliphatic carbocycles. The lowest BCUT2D eigenvalue weighted by molar-refractivity contribution is -0.140. The summed E-state index contributed by atoms with van der Waals surface area (Å²) in [6.45, 7) is 8.97. The van der Waals surface area contributed by atoms with Crippen LogP contribution in [0, 0.1) is 6.92 Å². The normalized spacial score (nSPS) is 16.0.